The highest BCUT2D eigenvalue weighted by molar-refractivity contribution is 5.85. The van der Waals surface area contributed by atoms with Crippen molar-refractivity contribution in [3.8, 4) is 11.1 Å². The van der Waals surface area contributed by atoms with Crippen molar-refractivity contribution in [1.29, 1.82) is 0 Å². The number of nitrogens with one attached hydrogen (secondary N) is 1. The molecule has 4 aromatic rings. The number of imidazole rings is 1. The van der Waals surface area contributed by atoms with Crippen molar-refractivity contribution in [2.45, 2.75) is 59.5 Å². The molecule has 34 heavy (non-hydrogen) atoms. The van der Waals surface area contributed by atoms with E-state index in [0.717, 1.165) is 39.5 Å². The van der Waals surface area contributed by atoms with Crippen molar-refractivity contribution in [3.63, 3.8) is 0 Å². The molecule has 0 bridgehead atoms. The number of anilines is 1. The van der Waals surface area contributed by atoms with Crippen LogP contribution in [0.4, 0.5) is 5.95 Å². The van der Waals surface area contributed by atoms with Gasteiger partial charge in [0, 0.05) is 55.2 Å². The van der Waals surface area contributed by atoms with Gasteiger partial charge in [-0.3, -0.25) is 0 Å². The van der Waals surface area contributed by atoms with E-state index in [1.807, 2.05) is 30.0 Å². The zero-order valence-corrected chi connectivity index (χ0v) is 20.8. The molecule has 0 aromatic carbocycles. The van der Waals surface area contributed by atoms with E-state index in [0.29, 0.717) is 23.4 Å². The first-order valence-electron chi connectivity index (χ1n) is 12.5. The van der Waals surface area contributed by atoms with Gasteiger partial charge in [0.25, 0.3) is 0 Å². The average Bonchev–Trinajstić information content (AvgIpc) is 3.29. The van der Waals surface area contributed by atoms with E-state index in [-0.39, 0.29) is 0 Å². The number of hydrogen-bond donors (Lipinski definition) is 1. The molecule has 1 aliphatic carbocycles. The van der Waals surface area contributed by atoms with Gasteiger partial charge in [-0.15, -0.1) is 5.10 Å². The van der Waals surface area contributed by atoms with Crippen LogP contribution in [-0.2, 0) is 0 Å². The number of rotatable bonds is 6. The van der Waals surface area contributed by atoms with Gasteiger partial charge in [-0.1, -0.05) is 13.8 Å². The normalized spacial score (nSPS) is 18.3. The van der Waals surface area contributed by atoms with Crippen LogP contribution in [0.3, 0.4) is 0 Å². The second-order valence-corrected chi connectivity index (χ2v) is 11.1. The van der Waals surface area contributed by atoms with Gasteiger partial charge in [-0.2, -0.15) is 0 Å². The fourth-order valence-corrected chi connectivity index (χ4v) is 6.18. The number of likely N-dealkylation sites (tertiary alicyclic amines) is 1. The molecule has 0 radical (unpaired) electrons. The first kappa shape index (κ1) is 21.5. The first-order chi connectivity index (χ1) is 16.3. The second-order valence-electron chi connectivity index (χ2n) is 11.1. The molecule has 2 aliphatic rings. The summed E-state index contributed by atoms with van der Waals surface area (Å²) in [6.45, 7) is 14.7. The lowest BCUT2D eigenvalue weighted by atomic mass is 9.60. The summed E-state index contributed by atoms with van der Waals surface area (Å²) >= 11 is 0. The lowest BCUT2D eigenvalue weighted by Gasteiger charge is -2.59. The van der Waals surface area contributed by atoms with E-state index < -0.39 is 0 Å². The summed E-state index contributed by atoms with van der Waals surface area (Å²) in [7, 11) is 0. The molecule has 8 nitrogen and oxygen atoms in total. The molecular formula is C26H34N8. The molecule has 0 atom stereocenters. The van der Waals surface area contributed by atoms with E-state index in [1.165, 1.54) is 32.5 Å². The standard InChI is InChI=1S/C26H34N8/c1-16(2)13-32-14-26(15-32)9-20(10-26)30-25-28-12-23-21(6-7-33(23)31-25)19-8-22-24(27-11-19)29-18(5)34(22)17(3)4/h6-8,11-12,16-17,20H,9-10,13-15H2,1-5H3,(H,30,31). The Morgan fingerprint density at radius 2 is 1.88 bits per heavy atom. The Balaban J connectivity index is 1.18. The molecule has 0 unspecified atom stereocenters. The molecule has 6 rings (SSSR count). The molecular weight excluding hydrogens is 424 g/mol. The number of pyridine rings is 1. The molecule has 1 saturated heterocycles. The highest BCUT2D eigenvalue weighted by atomic mass is 15.3. The maximum atomic E-state index is 4.75. The summed E-state index contributed by atoms with van der Waals surface area (Å²) in [5.74, 6) is 2.44. The first-order valence-corrected chi connectivity index (χ1v) is 12.5. The fourth-order valence-electron chi connectivity index (χ4n) is 6.18. The highest BCUT2D eigenvalue weighted by Crippen LogP contribution is 2.49. The predicted molar refractivity (Wildman–Crippen MR) is 135 cm³/mol. The van der Waals surface area contributed by atoms with Gasteiger partial charge in [-0.05, 0) is 57.1 Å². The van der Waals surface area contributed by atoms with Gasteiger partial charge < -0.3 is 14.8 Å². The van der Waals surface area contributed by atoms with Gasteiger partial charge in [-0.25, -0.2) is 19.5 Å². The van der Waals surface area contributed by atoms with Crippen LogP contribution >= 0.6 is 0 Å². The minimum Gasteiger partial charge on any atom is -0.350 e. The molecule has 1 spiro atoms. The fraction of sp³-hybridized carbons (Fsp3) is 0.538. The number of nitrogens with zero attached hydrogens (tertiary/aromatic N) is 7. The maximum absolute atomic E-state index is 4.75. The number of fused-ring (bicyclic) bond motifs is 2. The zero-order valence-electron chi connectivity index (χ0n) is 20.8. The quantitative estimate of drug-likeness (QED) is 0.456. The van der Waals surface area contributed by atoms with Crippen molar-refractivity contribution >= 4 is 22.6 Å². The summed E-state index contributed by atoms with van der Waals surface area (Å²) in [4.78, 5) is 16.5. The Hall–Kier alpha value is -3.00. The van der Waals surface area contributed by atoms with E-state index in [4.69, 9.17) is 5.10 Å². The topological polar surface area (TPSA) is 76.2 Å². The summed E-state index contributed by atoms with van der Waals surface area (Å²) in [5, 5.41) is 8.31. The van der Waals surface area contributed by atoms with Crippen molar-refractivity contribution < 1.29 is 0 Å². The van der Waals surface area contributed by atoms with Crippen LogP contribution in [0.25, 0.3) is 27.8 Å². The van der Waals surface area contributed by atoms with E-state index in [9.17, 15) is 0 Å². The third kappa shape index (κ3) is 3.55. The Kier molecular flexibility index (Phi) is 4.92. The maximum Gasteiger partial charge on any atom is 0.241 e. The minimum atomic E-state index is 0.327. The third-order valence-corrected chi connectivity index (χ3v) is 7.40. The van der Waals surface area contributed by atoms with Crippen LogP contribution < -0.4 is 5.32 Å². The molecule has 8 heteroatoms. The number of aryl methyl sites for hydroxylation is 1. The summed E-state index contributed by atoms with van der Waals surface area (Å²) in [5.41, 5.74) is 5.50. The van der Waals surface area contributed by atoms with E-state index >= 15 is 0 Å². The molecule has 1 saturated carbocycles. The van der Waals surface area contributed by atoms with Crippen molar-refractivity contribution in [2.24, 2.45) is 11.3 Å². The zero-order chi connectivity index (χ0) is 23.6. The monoisotopic (exact) mass is 458 g/mol. The summed E-state index contributed by atoms with van der Waals surface area (Å²) < 4.78 is 4.15. The van der Waals surface area contributed by atoms with Crippen LogP contribution in [0.15, 0.2) is 30.7 Å². The van der Waals surface area contributed by atoms with Gasteiger partial charge in [0.2, 0.25) is 5.95 Å². The minimum absolute atomic E-state index is 0.327. The number of hydrogen-bond acceptors (Lipinski definition) is 6. The smallest absolute Gasteiger partial charge is 0.241 e. The summed E-state index contributed by atoms with van der Waals surface area (Å²) in [6, 6.07) is 5.07. The van der Waals surface area contributed by atoms with Gasteiger partial charge in [0.15, 0.2) is 5.65 Å². The Bertz CT molecular complexity index is 1350. The molecule has 2 fully saturated rings. The molecule has 4 aromatic heterocycles. The Morgan fingerprint density at radius 3 is 2.62 bits per heavy atom. The third-order valence-electron chi connectivity index (χ3n) is 7.40. The van der Waals surface area contributed by atoms with Gasteiger partial charge >= 0.3 is 0 Å². The van der Waals surface area contributed by atoms with E-state index in [1.54, 1.807) is 0 Å². The highest BCUT2D eigenvalue weighted by Gasteiger charge is 2.52. The molecule has 178 valence electrons. The van der Waals surface area contributed by atoms with Crippen molar-refractivity contribution in [1.82, 2.24) is 34.0 Å². The second kappa shape index (κ2) is 7.77. The largest absolute Gasteiger partial charge is 0.350 e. The van der Waals surface area contributed by atoms with Crippen LogP contribution in [0.1, 0.15) is 52.4 Å². The van der Waals surface area contributed by atoms with Gasteiger partial charge in [0.05, 0.1) is 17.2 Å². The van der Waals surface area contributed by atoms with Crippen molar-refractivity contribution in [3.05, 3.63) is 36.5 Å². The lowest BCUT2D eigenvalue weighted by Crippen LogP contribution is -2.65. The van der Waals surface area contributed by atoms with Crippen LogP contribution in [0, 0.1) is 18.3 Å². The predicted octanol–water partition coefficient (Wildman–Crippen LogP) is 4.56. The average molecular weight is 459 g/mol. The van der Waals surface area contributed by atoms with Crippen LogP contribution in [-0.4, -0.2) is 59.7 Å². The van der Waals surface area contributed by atoms with E-state index in [2.05, 4.69) is 69.6 Å². The summed E-state index contributed by atoms with van der Waals surface area (Å²) in [6.07, 6.45) is 8.26. The Morgan fingerprint density at radius 1 is 1.09 bits per heavy atom. The number of aromatic nitrogens is 6. The molecule has 1 aliphatic heterocycles. The SMILES string of the molecule is Cc1nc2ncc(-c3ccn4nc(NC5CC6(C5)CN(CC(C)C)C6)ncc34)cc2n1C(C)C. The van der Waals surface area contributed by atoms with Crippen LogP contribution in [0.5, 0.6) is 0 Å². The molecule has 5 heterocycles. The van der Waals surface area contributed by atoms with Gasteiger partial charge in [0.1, 0.15) is 5.82 Å². The molecule has 1 N–H and O–H groups in total. The Labute approximate surface area is 200 Å². The molecule has 0 amide bonds. The van der Waals surface area contributed by atoms with Crippen molar-refractivity contribution in [2.75, 3.05) is 25.0 Å². The lowest BCUT2D eigenvalue weighted by molar-refractivity contribution is -0.0711. The van der Waals surface area contributed by atoms with Crippen LogP contribution in [0.2, 0.25) is 0 Å².